The first-order valence-electron chi connectivity index (χ1n) is 10.0. The lowest BCUT2D eigenvalue weighted by Gasteiger charge is -2.42. The average molecular weight is 460 g/mol. The van der Waals surface area contributed by atoms with E-state index in [2.05, 4.69) is 0 Å². The average Bonchev–Trinajstić information content (AvgIpc) is 2.77. The Morgan fingerprint density at radius 3 is 2.33 bits per heavy atom. The summed E-state index contributed by atoms with van der Waals surface area (Å²) in [5.41, 5.74) is -0.305. The van der Waals surface area contributed by atoms with Crippen molar-refractivity contribution >= 4 is 17.8 Å². The molecule has 0 saturated carbocycles. The van der Waals surface area contributed by atoms with Gasteiger partial charge < -0.3 is 40.1 Å². The number of aliphatic hydroxyl groups is 3. The summed E-state index contributed by atoms with van der Waals surface area (Å²) in [4.78, 5) is 24.3. The highest BCUT2D eigenvalue weighted by molar-refractivity contribution is 6.00. The lowest BCUT2D eigenvalue weighted by atomic mass is 9.88. The number of ether oxygens (including phenoxy) is 2. The van der Waals surface area contributed by atoms with Crippen molar-refractivity contribution in [1.29, 1.82) is 0 Å². The standard InChI is InChI=1S/C23H24O10/c1-11(25)17-13(26)9-14(27)18(20(17)30)22-23(21(31)19(29)15(10-24)32-22)33-16(28)8-7-12-5-3-2-4-6-12/h2-9,15,19,21-24,26-27,29-31H,10H2,1H3/t15-,19-,21+,22+,23-/m1/s1. The predicted octanol–water partition coefficient (Wildman–Crippen LogP) is 0.785. The second-order valence-electron chi connectivity index (χ2n) is 7.51. The third-order valence-corrected chi connectivity index (χ3v) is 5.26. The first-order chi connectivity index (χ1) is 15.6. The predicted molar refractivity (Wildman–Crippen MR) is 114 cm³/mol. The van der Waals surface area contributed by atoms with Crippen molar-refractivity contribution in [3.8, 4) is 17.2 Å². The molecular weight excluding hydrogens is 436 g/mol. The summed E-state index contributed by atoms with van der Waals surface area (Å²) in [6, 6.07) is 9.56. The number of Topliss-reactive ketones (excluding diaryl/α,β-unsaturated/α-hetero) is 1. The van der Waals surface area contributed by atoms with E-state index in [1.54, 1.807) is 30.3 Å². The number of hydrogen-bond acceptors (Lipinski definition) is 10. The largest absolute Gasteiger partial charge is 0.507 e. The molecular formula is C23H24O10. The minimum Gasteiger partial charge on any atom is -0.507 e. The number of hydrogen-bond donors (Lipinski definition) is 6. The Kier molecular flexibility index (Phi) is 7.34. The maximum Gasteiger partial charge on any atom is 0.331 e. The van der Waals surface area contributed by atoms with E-state index in [1.165, 1.54) is 6.08 Å². The van der Waals surface area contributed by atoms with Gasteiger partial charge in [0.25, 0.3) is 0 Å². The van der Waals surface area contributed by atoms with Crippen LogP contribution in [-0.4, -0.2) is 73.4 Å². The molecule has 2 aromatic carbocycles. The maximum atomic E-state index is 12.4. The molecule has 6 N–H and O–H groups in total. The van der Waals surface area contributed by atoms with E-state index >= 15 is 0 Å². The van der Waals surface area contributed by atoms with Crippen molar-refractivity contribution in [1.82, 2.24) is 0 Å². The molecule has 176 valence electrons. The first kappa shape index (κ1) is 24.2. The summed E-state index contributed by atoms with van der Waals surface area (Å²) < 4.78 is 10.8. The Morgan fingerprint density at radius 2 is 1.73 bits per heavy atom. The molecule has 2 aromatic rings. The van der Waals surface area contributed by atoms with E-state index in [-0.39, 0.29) is 0 Å². The number of benzene rings is 2. The van der Waals surface area contributed by atoms with Crippen molar-refractivity contribution in [2.75, 3.05) is 6.61 Å². The number of phenols is 3. The van der Waals surface area contributed by atoms with Crippen molar-refractivity contribution in [3.05, 3.63) is 59.2 Å². The molecule has 1 aliphatic rings. The quantitative estimate of drug-likeness (QED) is 0.205. The summed E-state index contributed by atoms with van der Waals surface area (Å²) >= 11 is 0. The van der Waals surface area contributed by atoms with E-state index < -0.39 is 77.3 Å². The van der Waals surface area contributed by atoms with E-state index in [9.17, 15) is 40.2 Å². The Labute approximate surface area is 188 Å². The van der Waals surface area contributed by atoms with Gasteiger partial charge in [0.05, 0.1) is 12.2 Å². The SMILES string of the molecule is CC(=O)c1c(O)cc(O)c([C@@H]2O[C@H](CO)[C@@H](O)[C@H](O)[C@H]2OC(=O)C=Cc2ccccc2)c1O. The Morgan fingerprint density at radius 1 is 1.06 bits per heavy atom. The number of carbonyl (C=O) groups is 2. The van der Waals surface area contributed by atoms with Crippen molar-refractivity contribution in [2.45, 2.75) is 37.4 Å². The second kappa shape index (κ2) is 10.0. The molecule has 33 heavy (non-hydrogen) atoms. The van der Waals surface area contributed by atoms with Crippen LogP contribution in [0.3, 0.4) is 0 Å². The van der Waals surface area contributed by atoms with Gasteiger partial charge in [-0.2, -0.15) is 0 Å². The lowest BCUT2D eigenvalue weighted by molar-refractivity contribution is -0.240. The summed E-state index contributed by atoms with van der Waals surface area (Å²) in [7, 11) is 0. The highest BCUT2D eigenvalue weighted by Gasteiger charge is 2.49. The van der Waals surface area contributed by atoms with Crippen LogP contribution in [0.25, 0.3) is 6.08 Å². The maximum absolute atomic E-state index is 12.4. The molecule has 0 aromatic heterocycles. The lowest BCUT2D eigenvalue weighted by Crippen LogP contribution is -2.56. The smallest absolute Gasteiger partial charge is 0.331 e. The minimum atomic E-state index is -1.79. The van der Waals surface area contributed by atoms with Gasteiger partial charge in [0, 0.05) is 12.1 Å². The van der Waals surface area contributed by atoms with E-state index in [4.69, 9.17) is 9.47 Å². The number of ketones is 1. The van der Waals surface area contributed by atoms with Crippen molar-refractivity contribution in [3.63, 3.8) is 0 Å². The molecule has 1 heterocycles. The van der Waals surface area contributed by atoms with Gasteiger partial charge in [0.2, 0.25) is 0 Å². The van der Waals surface area contributed by atoms with Crippen LogP contribution in [0.15, 0.2) is 42.5 Å². The fraction of sp³-hybridized carbons (Fsp3) is 0.304. The highest BCUT2D eigenvalue weighted by atomic mass is 16.6. The van der Waals surface area contributed by atoms with Crippen LogP contribution in [-0.2, 0) is 14.3 Å². The number of rotatable bonds is 6. The molecule has 0 spiro atoms. The fourth-order valence-corrected chi connectivity index (χ4v) is 3.64. The summed E-state index contributed by atoms with van der Waals surface area (Å²) in [6.45, 7) is 0.320. The molecule has 0 bridgehead atoms. The van der Waals surface area contributed by atoms with E-state index in [0.29, 0.717) is 5.56 Å². The minimum absolute atomic E-state index is 0.466. The van der Waals surface area contributed by atoms with E-state index in [1.807, 2.05) is 0 Å². The van der Waals surface area contributed by atoms with Gasteiger partial charge in [0.15, 0.2) is 11.9 Å². The van der Waals surface area contributed by atoms with Crippen molar-refractivity contribution in [2.24, 2.45) is 0 Å². The van der Waals surface area contributed by atoms with Gasteiger partial charge in [-0.05, 0) is 18.6 Å². The third-order valence-electron chi connectivity index (χ3n) is 5.26. The number of carbonyl (C=O) groups excluding carboxylic acids is 2. The topological polar surface area (TPSA) is 174 Å². The summed E-state index contributed by atoms with van der Waals surface area (Å²) in [6.07, 6.45) is -5.57. The molecule has 10 nitrogen and oxygen atoms in total. The Hall–Kier alpha value is -3.44. The number of phenolic OH excluding ortho intramolecular Hbond substituents is 3. The van der Waals surface area contributed by atoms with Crippen LogP contribution in [0, 0.1) is 0 Å². The van der Waals surface area contributed by atoms with Gasteiger partial charge in [0.1, 0.15) is 47.2 Å². The number of aliphatic hydroxyl groups excluding tert-OH is 3. The number of aromatic hydroxyl groups is 3. The number of esters is 1. The molecule has 0 radical (unpaired) electrons. The van der Waals surface area contributed by atoms with Gasteiger partial charge in [-0.25, -0.2) is 4.79 Å². The van der Waals surface area contributed by atoms with Crippen LogP contribution < -0.4 is 0 Å². The van der Waals surface area contributed by atoms with Gasteiger partial charge >= 0.3 is 5.97 Å². The first-order valence-corrected chi connectivity index (χ1v) is 10.0. The van der Waals surface area contributed by atoms with Crippen molar-refractivity contribution < 1.29 is 49.7 Å². The molecule has 5 atom stereocenters. The van der Waals surface area contributed by atoms with Crippen LogP contribution in [0.5, 0.6) is 17.2 Å². The Bertz CT molecular complexity index is 1050. The summed E-state index contributed by atoms with van der Waals surface area (Å²) in [5.74, 6) is -3.95. The molecule has 0 aliphatic carbocycles. The zero-order valence-electron chi connectivity index (χ0n) is 17.5. The fourth-order valence-electron chi connectivity index (χ4n) is 3.64. The molecule has 1 saturated heterocycles. The second-order valence-corrected chi connectivity index (χ2v) is 7.51. The normalized spacial score (nSPS) is 25.2. The molecule has 0 unspecified atom stereocenters. The third kappa shape index (κ3) is 4.99. The molecule has 1 fully saturated rings. The van der Waals surface area contributed by atoms with Gasteiger partial charge in [-0.3, -0.25) is 4.79 Å². The Balaban J connectivity index is 2.00. The zero-order valence-corrected chi connectivity index (χ0v) is 17.5. The highest BCUT2D eigenvalue weighted by Crippen LogP contribution is 2.46. The van der Waals surface area contributed by atoms with Gasteiger partial charge in [-0.15, -0.1) is 0 Å². The van der Waals surface area contributed by atoms with Crippen LogP contribution in [0.4, 0.5) is 0 Å². The monoisotopic (exact) mass is 460 g/mol. The molecule has 1 aliphatic heterocycles. The van der Waals surface area contributed by atoms with Crippen LogP contribution >= 0.6 is 0 Å². The molecule has 10 heteroatoms. The van der Waals surface area contributed by atoms with Crippen LogP contribution in [0.2, 0.25) is 0 Å². The van der Waals surface area contributed by atoms with E-state index in [0.717, 1.165) is 19.1 Å². The zero-order chi connectivity index (χ0) is 24.3. The van der Waals surface area contributed by atoms with Gasteiger partial charge in [-0.1, -0.05) is 30.3 Å². The summed E-state index contributed by atoms with van der Waals surface area (Å²) in [5, 5.41) is 61.3. The molecule has 0 amide bonds. The molecule has 3 rings (SSSR count). The van der Waals surface area contributed by atoms with Crippen LogP contribution in [0.1, 0.15) is 34.5 Å².